The molecule has 0 aliphatic heterocycles. The molecule has 2 aromatic carbocycles. The topological polar surface area (TPSA) is 37.6 Å². The summed E-state index contributed by atoms with van der Waals surface area (Å²) in [6, 6.07) is 12.2. The van der Waals surface area contributed by atoms with Gasteiger partial charge in [0.15, 0.2) is 5.13 Å². The molecular weight excluding hydrogens is 354 g/mol. The molecule has 1 N–H and O–H groups in total. The predicted octanol–water partition coefficient (Wildman–Crippen LogP) is 3.40. The first-order valence-electron chi connectivity index (χ1n) is 9.41. The summed E-state index contributed by atoms with van der Waals surface area (Å²) in [5.41, 5.74) is 5.01. The minimum absolute atomic E-state index is 0.0432. The van der Waals surface area contributed by atoms with Crippen molar-refractivity contribution >= 4 is 32.6 Å². The maximum Gasteiger partial charge on any atom is 0.260 e. The van der Waals surface area contributed by atoms with Crippen molar-refractivity contribution < 1.29 is 9.69 Å². The second-order valence-corrected chi connectivity index (χ2v) is 8.51. The fraction of sp³-hybridized carbons (Fsp3) is 0.364. The number of quaternary nitrogens is 1. The number of hydrogen-bond donors (Lipinski definition) is 1. The van der Waals surface area contributed by atoms with E-state index in [1.807, 2.05) is 43.0 Å². The largest absolute Gasteiger partial charge is 0.340 e. The fourth-order valence-corrected chi connectivity index (χ4v) is 4.24. The summed E-state index contributed by atoms with van der Waals surface area (Å²) < 4.78 is 1.13. The van der Waals surface area contributed by atoms with Crippen molar-refractivity contribution in [2.75, 3.05) is 32.1 Å². The standard InChI is InChI=1S/C22H27N3OS/c1-15-10-11-16(2)18(14-15)21(26)25(13-7-12-24(4)5)22-23-20-17(3)8-6-9-19(20)27-22/h6,8-11,14H,7,12-13H2,1-5H3/p+1. The van der Waals surface area contributed by atoms with E-state index in [0.29, 0.717) is 6.54 Å². The molecule has 1 aromatic heterocycles. The fourth-order valence-electron chi connectivity index (χ4n) is 3.18. The van der Waals surface area contributed by atoms with E-state index in [2.05, 4.69) is 33.2 Å². The van der Waals surface area contributed by atoms with E-state index in [1.54, 1.807) is 11.3 Å². The molecule has 5 heteroatoms. The van der Waals surface area contributed by atoms with Gasteiger partial charge in [-0.3, -0.25) is 9.69 Å². The average molecular weight is 383 g/mol. The number of para-hydroxylation sites is 1. The third-order valence-electron chi connectivity index (χ3n) is 4.77. The number of aryl methyl sites for hydroxylation is 3. The number of rotatable bonds is 6. The maximum absolute atomic E-state index is 13.4. The highest BCUT2D eigenvalue weighted by molar-refractivity contribution is 7.22. The summed E-state index contributed by atoms with van der Waals surface area (Å²) in [5.74, 6) is 0.0432. The Morgan fingerprint density at radius 1 is 1.11 bits per heavy atom. The Hall–Kier alpha value is -2.24. The predicted molar refractivity (Wildman–Crippen MR) is 114 cm³/mol. The number of fused-ring (bicyclic) bond motifs is 1. The Morgan fingerprint density at radius 3 is 2.59 bits per heavy atom. The number of benzene rings is 2. The molecule has 1 amide bonds. The number of thiazole rings is 1. The molecule has 0 unspecified atom stereocenters. The molecule has 0 atom stereocenters. The number of nitrogens with zero attached hydrogens (tertiary/aromatic N) is 2. The van der Waals surface area contributed by atoms with Gasteiger partial charge >= 0.3 is 0 Å². The van der Waals surface area contributed by atoms with Crippen LogP contribution in [-0.4, -0.2) is 38.1 Å². The van der Waals surface area contributed by atoms with Crippen LogP contribution in [0.1, 0.15) is 33.5 Å². The Bertz CT molecular complexity index is 961. The summed E-state index contributed by atoms with van der Waals surface area (Å²) in [7, 11) is 4.27. The zero-order chi connectivity index (χ0) is 19.6. The zero-order valence-corrected chi connectivity index (χ0v) is 17.6. The number of hydrogen-bond acceptors (Lipinski definition) is 3. The molecule has 0 bridgehead atoms. The van der Waals surface area contributed by atoms with Gasteiger partial charge in [0.25, 0.3) is 5.91 Å². The number of aromatic nitrogens is 1. The summed E-state index contributed by atoms with van der Waals surface area (Å²) in [4.78, 5) is 21.5. The maximum atomic E-state index is 13.4. The van der Waals surface area contributed by atoms with Crippen molar-refractivity contribution in [3.8, 4) is 0 Å². The minimum atomic E-state index is 0.0432. The third kappa shape index (κ3) is 4.37. The van der Waals surface area contributed by atoms with Crippen LogP contribution in [0.5, 0.6) is 0 Å². The lowest BCUT2D eigenvalue weighted by Crippen LogP contribution is -3.05. The molecule has 0 aliphatic carbocycles. The Kier molecular flexibility index (Phi) is 5.92. The van der Waals surface area contributed by atoms with Crippen molar-refractivity contribution in [3.63, 3.8) is 0 Å². The molecule has 1 heterocycles. The highest BCUT2D eigenvalue weighted by atomic mass is 32.1. The summed E-state index contributed by atoms with van der Waals surface area (Å²) >= 11 is 1.60. The van der Waals surface area contributed by atoms with Gasteiger partial charge in [0.1, 0.15) is 0 Å². The number of carbonyl (C=O) groups is 1. The zero-order valence-electron chi connectivity index (χ0n) is 16.8. The summed E-state index contributed by atoms with van der Waals surface area (Å²) in [6.07, 6.45) is 0.938. The van der Waals surface area contributed by atoms with Gasteiger partial charge in [0.05, 0.1) is 30.9 Å². The highest BCUT2D eigenvalue weighted by Crippen LogP contribution is 2.31. The molecule has 0 radical (unpaired) electrons. The van der Waals surface area contributed by atoms with Gasteiger partial charge in [-0.2, -0.15) is 0 Å². The van der Waals surface area contributed by atoms with Gasteiger partial charge in [-0.1, -0.05) is 41.2 Å². The lowest BCUT2D eigenvalue weighted by atomic mass is 10.0. The first-order valence-corrected chi connectivity index (χ1v) is 10.2. The SMILES string of the molecule is Cc1ccc(C)c(C(=O)N(CCC[NH+](C)C)c2nc3c(C)cccc3s2)c1. The van der Waals surface area contributed by atoms with E-state index in [4.69, 9.17) is 4.98 Å². The Labute approximate surface area is 165 Å². The van der Waals surface area contributed by atoms with Crippen molar-refractivity contribution in [2.45, 2.75) is 27.2 Å². The Balaban J connectivity index is 2.00. The van der Waals surface area contributed by atoms with E-state index in [-0.39, 0.29) is 5.91 Å². The van der Waals surface area contributed by atoms with E-state index in [9.17, 15) is 4.79 Å². The van der Waals surface area contributed by atoms with E-state index < -0.39 is 0 Å². The molecule has 0 spiro atoms. The van der Waals surface area contributed by atoms with Crippen LogP contribution >= 0.6 is 11.3 Å². The van der Waals surface area contributed by atoms with Crippen molar-refractivity contribution in [1.82, 2.24) is 4.98 Å². The smallest absolute Gasteiger partial charge is 0.260 e. The Morgan fingerprint density at radius 2 is 1.89 bits per heavy atom. The molecule has 142 valence electrons. The van der Waals surface area contributed by atoms with Crippen LogP contribution in [0.3, 0.4) is 0 Å². The molecule has 0 fully saturated rings. The van der Waals surface area contributed by atoms with Crippen molar-refractivity contribution in [1.29, 1.82) is 0 Å². The molecular formula is C22H28N3OS+. The third-order valence-corrected chi connectivity index (χ3v) is 5.81. The number of anilines is 1. The van der Waals surface area contributed by atoms with E-state index in [0.717, 1.165) is 50.6 Å². The highest BCUT2D eigenvalue weighted by Gasteiger charge is 2.23. The molecule has 3 aromatic rings. The van der Waals surface area contributed by atoms with Gasteiger partial charge in [0, 0.05) is 18.5 Å². The minimum Gasteiger partial charge on any atom is -0.340 e. The van der Waals surface area contributed by atoms with Gasteiger partial charge in [-0.05, 0) is 44.0 Å². The van der Waals surface area contributed by atoms with E-state index in [1.165, 1.54) is 4.90 Å². The monoisotopic (exact) mass is 382 g/mol. The first kappa shape index (κ1) is 19.5. The lowest BCUT2D eigenvalue weighted by molar-refractivity contribution is -0.858. The van der Waals surface area contributed by atoms with Crippen molar-refractivity contribution in [3.05, 3.63) is 58.7 Å². The van der Waals surface area contributed by atoms with Crippen LogP contribution in [0.25, 0.3) is 10.2 Å². The summed E-state index contributed by atoms with van der Waals surface area (Å²) in [6.45, 7) is 7.78. The average Bonchev–Trinajstić information content (AvgIpc) is 3.05. The van der Waals surface area contributed by atoms with Crippen LogP contribution < -0.4 is 9.80 Å². The van der Waals surface area contributed by atoms with Crippen LogP contribution in [0.4, 0.5) is 5.13 Å². The summed E-state index contributed by atoms with van der Waals surface area (Å²) in [5, 5.41) is 0.791. The molecule has 4 nitrogen and oxygen atoms in total. The number of amides is 1. The second kappa shape index (κ2) is 8.19. The second-order valence-electron chi connectivity index (χ2n) is 7.50. The lowest BCUT2D eigenvalue weighted by Gasteiger charge is -2.21. The first-order chi connectivity index (χ1) is 12.9. The van der Waals surface area contributed by atoms with Crippen LogP contribution in [0, 0.1) is 20.8 Å². The molecule has 0 saturated heterocycles. The van der Waals surface area contributed by atoms with Crippen molar-refractivity contribution in [2.24, 2.45) is 0 Å². The van der Waals surface area contributed by atoms with Crippen LogP contribution in [-0.2, 0) is 0 Å². The van der Waals surface area contributed by atoms with Gasteiger partial charge in [-0.25, -0.2) is 4.98 Å². The van der Waals surface area contributed by atoms with Crippen LogP contribution in [0.15, 0.2) is 36.4 Å². The molecule has 27 heavy (non-hydrogen) atoms. The van der Waals surface area contributed by atoms with Gasteiger partial charge < -0.3 is 4.90 Å². The van der Waals surface area contributed by atoms with Gasteiger partial charge in [0.2, 0.25) is 0 Å². The number of nitrogens with one attached hydrogen (secondary N) is 1. The van der Waals surface area contributed by atoms with Gasteiger partial charge in [-0.15, -0.1) is 0 Å². The molecule has 0 saturated carbocycles. The quantitative estimate of drug-likeness (QED) is 0.709. The molecule has 0 aliphatic rings. The molecule has 3 rings (SSSR count). The van der Waals surface area contributed by atoms with E-state index >= 15 is 0 Å². The van der Waals surface area contributed by atoms with Crippen LogP contribution in [0.2, 0.25) is 0 Å². The normalized spacial score (nSPS) is 11.3. The number of carbonyl (C=O) groups excluding carboxylic acids is 1.